The van der Waals surface area contributed by atoms with Crippen molar-refractivity contribution < 1.29 is 91.2 Å². The first-order valence-electron chi connectivity index (χ1n) is 30.0. The molecule has 23 nitrogen and oxygen atoms in total. The molecule has 3 fully saturated rings. The maximum absolute atomic E-state index is 13.2. The van der Waals surface area contributed by atoms with Crippen molar-refractivity contribution in [2.75, 3.05) is 78.5 Å². The second-order valence-electron chi connectivity index (χ2n) is 22.3. The maximum Gasteiger partial charge on any atom is 0.326 e. The van der Waals surface area contributed by atoms with Gasteiger partial charge in [-0.2, -0.15) is 6.42 Å². The van der Waals surface area contributed by atoms with Crippen LogP contribution in [0.2, 0.25) is 0 Å². The first kappa shape index (κ1) is 77.7. The van der Waals surface area contributed by atoms with Crippen LogP contribution in [0.15, 0.2) is 60.7 Å². The van der Waals surface area contributed by atoms with Crippen LogP contribution in [0.3, 0.4) is 0 Å². The zero-order chi connectivity index (χ0) is 62.0. The van der Waals surface area contributed by atoms with Crippen LogP contribution < -0.4 is 53.2 Å². The number of carbonyl (C=O) groups excluding carboxylic acids is 6. The van der Waals surface area contributed by atoms with E-state index in [-0.39, 0.29) is 93.1 Å². The number of urea groups is 1. The fourth-order valence-electron chi connectivity index (χ4n) is 9.42. The Morgan fingerprint density at radius 1 is 0.553 bits per heavy atom. The van der Waals surface area contributed by atoms with Crippen molar-refractivity contribution in [3.05, 3.63) is 84.4 Å². The molecule has 1 radical (unpaired) electrons. The molecule has 85 heavy (non-hydrogen) atoms. The van der Waals surface area contributed by atoms with E-state index in [0.29, 0.717) is 77.4 Å². The molecule has 2 aromatic rings. The summed E-state index contributed by atoms with van der Waals surface area (Å²) < 4.78 is 0. The van der Waals surface area contributed by atoms with Gasteiger partial charge in [0.1, 0.15) is 17.9 Å². The summed E-state index contributed by atoms with van der Waals surface area (Å²) in [6, 6.07) is 15.3. The Bertz CT molecular complexity index is 2230. The monoisotopic (exact) mass is 1270 g/mol. The Labute approximate surface area is 528 Å². The van der Waals surface area contributed by atoms with Crippen molar-refractivity contribution in [3.8, 4) is 0 Å². The zero-order valence-corrected chi connectivity index (χ0v) is 53.4. The molecule has 2 aromatic carbocycles. The van der Waals surface area contributed by atoms with Gasteiger partial charge in [-0.3, -0.25) is 24.0 Å². The largest absolute Gasteiger partial charge is 0.668 e. The molecule has 5 amide bonds. The number of Topliss-reactive ketones (excluding diaryl/α,β-unsaturated/α-hetero) is 2. The number of fused-ring (bicyclic) bond motifs is 15. The van der Waals surface area contributed by atoms with Crippen LogP contribution in [0.5, 0.6) is 0 Å². The summed E-state index contributed by atoms with van der Waals surface area (Å²) in [5.41, 5.74) is 8.62. The predicted molar refractivity (Wildman–Crippen MR) is 324 cm³/mol. The van der Waals surface area contributed by atoms with Crippen LogP contribution in [0.25, 0.3) is 5.73 Å². The minimum atomic E-state index is -1.44. The number of aliphatic carboxylic acids is 3. The fourth-order valence-corrected chi connectivity index (χ4v) is 9.42. The molecule has 5 rings (SSSR count). The van der Waals surface area contributed by atoms with Crippen molar-refractivity contribution >= 4 is 53.2 Å². The van der Waals surface area contributed by atoms with Crippen molar-refractivity contribution in [1.82, 2.24) is 53.2 Å². The van der Waals surface area contributed by atoms with Crippen LogP contribution in [0, 0.1) is 18.3 Å². The smallest absolute Gasteiger partial charge is 0.326 e. The Morgan fingerprint density at radius 3 is 1.45 bits per heavy atom. The predicted octanol–water partition coefficient (Wildman–Crippen LogP) is 4.09. The topological polar surface area (TPSA) is 358 Å². The Hall–Kier alpha value is -5.27. The molecule has 0 aromatic heterocycles. The summed E-state index contributed by atoms with van der Waals surface area (Å²) in [7, 11) is 0. The average Bonchev–Trinajstić information content (AvgIpc) is 3.47. The molecule has 24 heteroatoms. The molecule has 4 unspecified atom stereocenters. The number of benzene rings is 2. The van der Waals surface area contributed by atoms with Gasteiger partial charge in [0.25, 0.3) is 0 Å². The van der Waals surface area contributed by atoms with Gasteiger partial charge in [-0.15, -0.1) is 0 Å². The molecular formula is C61H99N11O12Y-2. The van der Waals surface area contributed by atoms with Crippen LogP contribution in [-0.2, 0) is 83.9 Å². The number of ketones is 2. The number of carboxylic acids is 3. The number of hydrogen-bond acceptors (Lipinski definition) is 15. The first-order chi connectivity index (χ1) is 40.2. The molecule has 3 saturated heterocycles. The minimum absolute atomic E-state index is 0. The second kappa shape index (κ2) is 46.0. The number of amides is 5. The number of nitrogens with one attached hydrogen (secondary N) is 11. The van der Waals surface area contributed by atoms with Gasteiger partial charge in [0.05, 0.1) is 17.5 Å². The molecule has 0 spiro atoms. The number of hydrogen-bond donors (Lipinski definition) is 13. The molecule has 0 aliphatic carbocycles. The van der Waals surface area contributed by atoms with Crippen molar-refractivity contribution in [2.45, 2.75) is 160 Å². The maximum atomic E-state index is 13.2. The van der Waals surface area contributed by atoms with Gasteiger partial charge >= 0.3 is 23.9 Å². The third kappa shape index (κ3) is 37.1. The summed E-state index contributed by atoms with van der Waals surface area (Å²) >= 11 is 0. The summed E-state index contributed by atoms with van der Waals surface area (Å²) in [4.78, 5) is 106. The van der Waals surface area contributed by atoms with E-state index in [0.717, 1.165) is 95.7 Å². The van der Waals surface area contributed by atoms with Crippen molar-refractivity contribution in [2.24, 2.45) is 11.3 Å². The van der Waals surface area contributed by atoms with E-state index >= 15 is 0 Å². The number of rotatable bonds is 31. The standard InChI is InChI=1S/C31H54N8O3.C20H33N2O8.C10H13NO.Y/c1-3-27(40)26(18-25-8-5-4-6-9-25)38-28(41)10-7-11-29(42)39-31-22-35-15-12-32-19-30(2,20-33-13-16-36-23-31)21-34-14-17-37-24-31;1-2-3-4-6-9-14(23)10-7-5-8-11-15(18(26)27)21-20(30)22-16(19(28)29)12-13-17(24)25;1-8(10(11)12)7-9-5-3-2-4-6-9;/h4-6,8-9,26,32-37H,3,7,10-24H2,1-2H3,(H,38,41)(H,39,42);15-16H,1-13H2,(H,24,25)(H,26,27)(H,28,29)(H2,21,22,30);2-6,8H,7H2,1H3,(H2,11,12);/q;-1;;/p-1. The Morgan fingerprint density at radius 2 is 1.00 bits per heavy atom. The second-order valence-corrected chi connectivity index (χ2v) is 22.3. The van der Waals surface area contributed by atoms with E-state index in [1.165, 1.54) is 0 Å². The molecule has 0 saturated carbocycles. The fraction of sp³-hybridized carbons (Fsp3) is 0.639. The van der Waals surface area contributed by atoms with Crippen molar-refractivity contribution in [3.63, 3.8) is 0 Å². The van der Waals surface area contributed by atoms with E-state index in [4.69, 9.17) is 15.9 Å². The van der Waals surface area contributed by atoms with Gasteiger partial charge in [-0.1, -0.05) is 107 Å². The van der Waals surface area contributed by atoms with E-state index in [1.807, 2.05) is 67.6 Å². The van der Waals surface area contributed by atoms with Gasteiger partial charge in [0.2, 0.25) is 11.8 Å². The van der Waals surface area contributed by atoms with Gasteiger partial charge < -0.3 is 85.9 Å². The molecule has 475 valence electrons. The summed E-state index contributed by atoms with van der Waals surface area (Å²) in [6.45, 7) is 19.2. The minimum Gasteiger partial charge on any atom is -0.668 e. The van der Waals surface area contributed by atoms with E-state index in [9.17, 15) is 48.3 Å². The van der Waals surface area contributed by atoms with E-state index in [1.54, 1.807) is 6.92 Å². The molecule has 14 N–H and O–H groups in total. The summed E-state index contributed by atoms with van der Waals surface area (Å²) in [5.74, 6) is -4.63. The number of unbranched alkanes of at least 4 members (excludes halogenated alkanes) is 5. The summed E-state index contributed by atoms with van der Waals surface area (Å²) in [5, 5.41) is 58.8. The number of carbonyl (C=O) groups is 9. The first-order valence-corrected chi connectivity index (χ1v) is 30.0. The van der Waals surface area contributed by atoms with E-state index in [2.05, 4.69) is 67.0 Å². The van der Waals surface area contributed by atoms with Gasteiger partial charge in [0.15, 0.2) is 5.78 Å². The number of carboxylic acid groups (broad SMARTS) is 3. The molecule has 3 aliphatic heterocycles. The summed E-state index contributed by atoms with van der Waals surface area (Å²) in [6.07, 6.45) is 8.18. The van der Waals surface area contributed by atoms with Gasteiger partial charge in [-0.25, -0.2) is 14.4 Å². The molecular weight excluding hydrogens is 1170 g/mol. The van der Waals surface area contributed by atoms with Crippen LogP contribution in [0.4, 0.5) is 4.79 Å². The van der Waals surface area contributed by atoms with Crippen LogP contribution in [0.1, 0.15) is 135 Å². The normalized spacial score (nSPS) is 18.8. The molecule has 2 bridgehead atoms. The SMILES string of the molecule is CC(Cc1ccccc1)C([NH-])=O.CCC(=O)C(Cc1ccccc1)NC(=O)CCCC(=O)NC12CNCCNCC(C)(CNCCNC1)CNCCNC2.[CH2-]CCCCCC(=O)CCCCCC(NC(=O)NC(CCC(=O)O)C(=O)O)C(=O)O.[Y]. The molecule has 3 aliphatic rings. The quantitative estimate of drug-likeness (QED) is 0.0373. The average molecular weight is 1270 g/mol. The van der Waals surface area contributed by atoms with Crippen LogP contribution in [-0.4, -0.2) is 171 Å². The van der Waals surface area contributed by atoms with Gasteiger partial charge in [0, 0.05) is 161 Å². The van der Waals surface area contributed by atoms with Crippen molar-refractivity contribution in [1.29, 1.82) is 0 Å². The zero-order valence-electron chi connectivity index (χ0n) is 50.6. The molecule has 3 heterocycles. The Balaban J connectivity index is 0.000000729. The third-order valence-corrected chi connectivity index (χ3v) is 14.4. The third-order valence-electron chi connectivity index (χ3n) is 14.4. The van der Waals surface area contributed by atoms with Crippen LogP contribution >= 0.6 is 0 Å². The Kier molecular flexibility index (Phi) is 42.0. The van der Waals surface area contributed by atoms with Gasteiger partial charge in [-0.05, 0) is 56.1 Å². The van der Waals surface area contributed by atoms with E-state index < -0.39 is 59.9 Å². The molecule has 4 atom stereocenters.